The lowest BCUT2D eigenvalue weighted by Gasteiger charge is -2.30. The molecule has 31 heavy (non-hydrogen) atoms. The number of piperidine rings is 1. The number of aromatic amines is 1. The molecule has 3 N–H and O–H groups in total. The van der Waals surface area contributed by atoms with Gasteiger partial charge in [0.1, 0.15) is 11.2 Å². The number of fused-ring (bicyclic) bond motifs is 1. The number of nitrogens with two attached hydrogens (primary N) is 1. The molecule has 1 aliphatic heterocycles. The maximum absolute atomic E-state index is 12.8. The van der Waals surface area contributed by atoms with Crippen molar-refractivity contribution in [1.29, 1.82) is 0 Å². The summed E-state index contributed by atoms with van der Waals surface area (Å²) in [6, 6.07) is 10.6. The van der Waals surface area contributed by atoms with Crippen molar-refractivity contribution in [3.05, 3.63) is 64.4 Å². The van der Waals surface area contributed by atoms with E-state index in [1.54, 1.807) is 12.3 Å². The van der Waals surface area contributed by atoms with Crippen LogP contribution in [0, 0.1) is 0 Å². The fourth-order valence-electron chi connectivity index (χ4n) is 4.21. The molecule has 1 saturated heterocycles. The highest BCUT2D eigenvalue weighted by atomic mass is 35.5. The Morgan fingerprint density at radius 1 is 1.29 bits per heavy atom. The molecule has 1 fully saturated rings. The topological polar surface area (TPSA) is 84.2 Å². The average molecular weight is 441 g/mol. The van der Waals surface area contributed by atoms with Crippen molar-refractivity contribution in [3.8, 4) is 0 Å². The van der Waals surface area contributed by atoms with E-state index in [4.69, 9.17) is 22.1 Å². The summed E-state index contributed by atoms with van der Waals surface area (Å²) in [6.45, 7) is 6.79. The molecule has 1 atom stereocenters. The van der Waals surface area contributed by atoms with Gasteiger partial charge in [-0.15, -0.1) is 0 Å². The zero-order chi connectivity index (χ0) is 22.0. The molecule has 1 aromatic carbocycles. The maximum atomic E-state index is 12.8. The number of H-pyrrole nitrogens is 1. The van der Waals surface area contributed by atoms with Crippen LogP contribution in [0.1, 0.15) is 48.2 Å². The molecule has 3 heterocycles. The Morgan fingerprint density at radius 3 is 2.77 bits per heavy atom. The molecule has 6 nitrogen and oxygen atoms in total. The molecule has 164 valence electrons. The molecule has 7 heteroatoms. The van der Waals surface area contributed by atoms with Crippen molar-refractivity contribution < 1.29 is 9.53 Å². The van der Waals surface area contributed by atoms with Crippen LogP contribution < -0.4 is 5.73 Å². The fraction of sp³-hybridized carbons (Fsp3) is 0.417. The third-order valence-electron chi connectivity index (χ3n) is 5.71. The van der Waals surface area contributed by atoms with Gasteiger partial charge in [-0.25, -0.2) is 9.78 Å². The molecule has 0 radical (unpaired) electrons. The zero-order valence-corrected chi connectivity index (χ0v) is 18.8. The van der Waals surface area contributed by atoms with Gasteiger partial charge in [-0.2, -0.15) is 0 Å². The number of halogens is 1. The number of nitrogens with zero attached hydrogens (tertiary/aromatic N) is 2. The maximum Gasteiger partial charge on any atom is 0.341 e. The zero-order valence-electron chi connectivity index (χ0n) is 18.0. The van der Waals surface area contributed by atoms with Crippen LogP contribution in [0.4, 0.5) is 0 Å². The van der Waals surface area contributed by atoms with Gasteiger partial charge in [0.2, 0.25) is 0 Å². The summed E-state index contributed by atoms with van der Waals surface area (Å²) in [5.74, 6) is -0.469. The van der Waals surface area contributed by atoms with Crippen molar-refractivity contribution in [2.75, 3.05) is 13.1 Å². The van der Waals surface area contributed by atoms with Gasteiger partial charge in [-0.05, 0) is 50.4 Å². The number of ether oxygens (including phenoxy) is 1. The Balaban J connectivity index is 1.38. The molecule has 0 saturated carbocycles. The highest BCUT2D eigenvalue weighted by Crippen LogP contribution is 2.27. The second-order valence-electron chi connectivity index (χ2n) is 9.01. The van der Waals surface area contributed by atoms with Crippen LogP contribution in [-0.2, 0) is 17.7 Å². The van der Waals surface area contributed by atoms with Crippen LogP contribution in [0.15, 0.2) is 42.7 Å². The molecule has 0 bridgehead atoms. The minimum atomic E-state index is -0.686. The van der Waals surface area contributed by atoms with Crippen LogP contribution in [0.3, 0.4) is 0 Å². The van der Waals surface area contributed by atoms with E-state index >= 15 is 0 Å². The van der Waals surface area contributed by atoms with E-state index in [0.29, 0.717) is 22.5 Å². The molecule has 1 aliphatic rings. The van der Waals surface area contributed by atoms with Crippen molar-refractivity contribution >= 4 is 28.6 Å². The number of rotatable bonds is 6. The van der Waals surface area contributed by atoms with E-state index in [2.05, 4.69) is 39.1 Å². The van der Waals surface area contributed by atoms with Crippen LogP contribution in [0.25, 0.3) is 11.0 Å². The largest absolute Gasteiger partial charge is 0.456 e. The highest BCUT2D eigenvalue weighted by molar-refractivity contribution is 6.38. The molecular weight excluding hydrogens is 412 g/mol. The SMILES string of the molecule is CC(C)(Cc1ccc(CN2CCC[C@@H](N)C2)cc1)OC(=O)c1cnc2[nH]ccc2c1Cl. The average Bonchev–Trinajstić information content (AvgIpc) is 3.19. The molecule has 0 unspecified atom stereocenters. The van der Waals surface area contributed by atoms with E-state index < -0.39 is 11.6 Å². The van der Waals surface area contributed by atoms with E-state index in [1.807, 2.05) is 13.8 Å². The minimum absolute atomic E-state index is 0.275. The highest BCUT2D eigenvalue weighted by Gasteiger charge is 2.26. The number of pyridine rings is 1. The molecule has 4 rings (SSSR count). The number of nitrogens with one attached hydrogen (secondary N) is 1. The van der Waals surface area contributed by atoms with Gasteiger partial charge in [0, 0.05) is 43.3 Å². The first-order chi connectivity index (χ1) is 14.8. The molecule has 0 aliphatic carbocycles. The Morgan fingerprint density at radius 2 is 2.03 bits per heavy atom. The second-order valence-corrected chi connectivity index (χ2v) is 9.38. The monoisotopic (exact) mass is 440 g/mol. The number of carbonyl (C=O) groups is 1. The quantitative estimate of drug-likeness (QED) is 0.557. The number of hydrogen-bond donors (Lipinski definition) is 2. The second kappa shape index (κ2) is 8.99. The molecular formula is C24H29ClN4O2. The smallest absolute Gasteiger partial charge is 0.341 e. The number of hydrogen-bond acceptors (Lipinski definition) is 5. The van der Waals surface area contributed by atoms with Crippen molar-refractivity contribution in [2.24, 2.45) is 5.73 Å². The van der Waals surface area contributed by atoms with Crippen molar-refractivity contribution in [3.63, 3.8) is 0 Å². The first-order valence-electron chi connectivity index (χ1n) is 10.7. The van der Waals surface area contributed by atoms with E-state index in [-0.39, 0.29) is 11.6 Å². The molecule has 0 amide bonds. The third kappa shape index (κ3) is 5.26. The lowest BCUT2D eigenvalue weighted by Crippen LogP contribution is -2.42. The third-order valence-corrected chi connectivity index (χ3v) is 6.12. The summed E-state index contributed by atoms with van der Waals surface area (Å²) in [6.07, 6.45) is 6.08. The fourth-order valence-corrected chi connectivity index (χ4v) is 4.49. The van der Waals surface area contributed by atoms with Crippen LogP contribution in [0.5, 0.6) is 0 Å². The summed E-state index contributed by atoms with van der Waals surface area (Å²) in [5.41, 5.74) is 8.71. The number of benzene rings is 1. The normalized spacial score (nSPS) is 17.7. The van der Waals surface area contributed by atoms with Crippen molar-refractivity contribution in [1.82, 2.24) is 14.9 Å². The van der Waals surface area contributed by atoms with Gasteiger partial charge >= 0.3 is 5.97 Å². The molecule has 2 aromatic heterocycles. The van der Waals surface area contributed by atoms with E-state index in [0.717, 1.165) is 38.0 Å². The van der Waals surface area contributed by atoms with Gasteiger partial charge in [0.25, 0.3) is 0 Å². The first kappa shape index (κ1) is 21.8. The number of esters is 1. The Hall–Kier alpha value is -2.41. The van der Waals surface area contributed by atoms with Gasteiger partial charge in [0.15, 0.2) is 0 Å². The van der Waals surface area contributed by atoms with Crippen LogP contribution in [-0.4, -0.2) is 45.6 Å². The van der Waals surface area contributed by atoms with E-state index in [9.17, 15) is 4.79 Å². The lowest BCUT2D eigenvalue weighted by molar-refractivity contribution is -0.000660. The van der Waals surface area contributed by atoms with Gasteiger partial charge in [-0.3, -0.25) is 4.90 Å². The molecule has 0 spiro atoms. The summed E-state index contributed by atoms with van der Waals surface area (Å²) in [5, 5.41) is 1.06. The molecule has 3 aromatic rings. The van der Waals surface area contributed by atoms with Crippen LogP contribution >= 0.6 is 11.6 Å². The Kier molecular flexibility index (Phi) is 6.32. The lowest BCUT2D eigenvalue weighted by atomic mass is 9.97. The summed E-state index contributed by atoms with van der Waals surface area (Å²) in [7, 11) is 0. The van der Waals surface area contributed by atoms with Crippen LogP contribution in [0.2, 0.25) is 5.02 Å². The van der Waals surface area contributed by atoms with Gasteiger partial charge < -0.3 is 15.5 Å². The summed E-state index contributed by atoms with van der Waals surface area (Å²) < 4.78 is 5.80. The predicted molar refractivity (Wildman–Crippen MR) is 123 cm³/mol. The van der Waals surface area contributed by atoms with Crippen molar-refractivity contribution in [2.45, 2.75) is 51.3 Å². The minimum Gasteiger partial charge on any atom is -0.456 e. The Bertz CT molecular complexity index is 1060. The standard InChI is InChI=1S/C24H29ClN4O2/c1-24(2,31-23(30)20-13-28-22-19(21(20)25)9-10-27-22)12-16-5-7-17(8-6-16)14-29-11-3-4-18(26)15-29/h5-10,13,18H,3-4,11-12,14-15,26H2,1-2H3,(H,27,28)/t18-/m1/s1. The Labute approximate surface area is 187 Å². The number of carbonyl (C=O) groups excluding carboxylic acids is 1. The number of aromatic nitrogens is 2. The first-order valence-corrected chi connectivity index (χ1v) is 11.1. The van der Waals surface area contributed by atoms with E-state index in [1.165, 1.54) is 11.8 Å². The summed E-state index contributed by atoms with van der Waals surface area (Å²) >= 11 is 6.40. The number of likely N-dealkylation sites (tertiary alicyclic amines) is 1. The predicted octanol–water partition coefficient (Wildman–Crippen LogP) is 4.32. The van der Waals surface area contributed by atoms with Gasteiger partial charge in [0.05, 0.1) is 10.6 Å². The summed E-state index contributed by atoms with van der Waals surface area (Å²) in [4.78, 5) is 22.4. The van der Waals surface area contributed by atoms with Gasteiger partial charge in [-0.1, -0.05) is 35.9 Å².